The summed E-state index contributed by atoms with van der Waals surface area (Å²) in [5, 5.41) is 13.4. The minimum absolute atomic E-state index is 0.137. The molecule has 4 aromatic rings. The van der Waals surface area contributed by atoms with Gasteiger partial charge in [0, 0.05) is 38.5 Å². The van der Waals surface area contributed by atoms with Crippen LogP contribution in [0.4, 0.5) is 0 Å². The lowest BCUT2D eigenvalue weighted by Gasteiger charge is -2.03. The van der Waals surface area contributed by atoms with E-state index in [1.807, 2.05) is 29.8 Å². The van der Waals surface area contributed by atoms with E-state index >= 15 is 0 Å². The predicted molar refractivity (Wildman–Crippen MR) is 95.5 cm³/mol. The van der Waals surface area contributed by atoms with Gasteiger partial charge < -0.3 is 5.32 Å². The molecule has 0 bridgehead atoms. The summed E-state index contributed by atoms with van der Waals surface area (Å²) in [5.41, 5.74) is 3.18. The highest BCUT2D eigenvalue weighted by molar-refractivity contribution is 7.13. The summed E-state index contributed by atoms with van der Waals surface area (Å²) in [6.45, 7) is 0.506. The van der Waals surface area contributed by atoms with Crippen LogP contribution in [0.25, 0.3) is 16.2 Å². The molecule has 0 fully saturated rings. The second-order valence-corrected chi connectivity index (χ2v) is 6.52. The summed E-state index contributed by atoms with van der Waals surface area (Å²) in [6, 6.07) is 9.66. The van der Waals surface area contributed by atoms with Gasteiger partial charge in [0.1, 0.15) is 5.69 Å². The van der Waals surface area contributed by atoms with Crippen molar-refractivity contribution in [3.63, 3.8) is 0 Å². The molecule has 0 spiro atoms. The van der Waals surface area contributed by atoms with E-state index in [0.717, 1.165) is 21.9 Å². The summed E-state index contributed by atoms with van der Waals surface area (Å²) in [6.07, 6.45) is 4.16. The number of rotatable bonds is 5. The zero-order valence-electron chi connectivity index (χ0n) is 13.6. The average molecular weight is 352 g/mol. The molecule has 25 heavy (non-hydrogen) atoms. The van der Waals surface area contributed by atoms with Gasteiger partial charge in [0.2, 0.25) is 0 Å². The van der Waals surface area contributed by atoms with Crippen LogP contribution >= 0.6 is 11.3 Å². The standard InChI is InChI=1S/C17H16N6OS/c1-22-14(5-8-19-22)17(24)18-7-4-12-11-16-20-13(6-9-23(16)21-12)15-3-2-10-25-15/h2-3,5-6,8-11H,4,7H2,1H3,(H,18,24). The Hall–Kier alpha value is -3.00. The average Bonchev–Trinajstić information content (AvgIpc) is 3.34. The summed E-state index contributed by atoms with van der Waals surface area (Å²) in [7, 11) is 1.74. The number of fused-ring (bicyclic) bond motifs is 1. The van der Waals surface area contributed by atoms with Gasteiger partial charge in [-0.25, -0.2) is 9.50 Å². The second-order valence-electron chi connectivity index (χ2n) is 5.57. The maximum atomic E-state index is 12.1. The van der Waals surface area contributed by atoms with Crippen LogP contribution < -0.4 is 5.32 Å². The van der Waals surface area contributed by atoms with Crippen molar-refractivity contribution in [3.8, 4) is 10.6 Å². The maximum absolute atomic E-state index is 12.1. The Kier molecular flexibility index (Phi) is 4.02. The molecule has 4 aromatic heterocycles. The Morgan fingerprint density at radius 2 is 2.24 bits per heavy atom. The molecule has 8 heteroatoms. The molecule has 126 valence electrons. The number of amides is 1. The van der Waals surface area contributed by atoms with Gasteiger partial charge in [-0.2, -0.15) is 10.2 Å². The smallest absolute Gasteiger partial charge is 0.269 e. The molecule has 4 rings (SSSR count). The maximum Gasteiger partial charge on any atom is 0.269 e. The molecule has 1 amide bonds. The third-order valence-corrected chi connectivity index (χ3v) is 4.76. The van der Waals surface area contributed by atoms with Crippen LogP contribution in [0.5, 0.6) is 0 Å². The Balaban J connectivity index is 1.43. The van der Waals surface area contributed by atoms with Crippen molar-refractivity contribution in [2.24, 2.45) is 7.05 Å². The molecule has 0 saturated carbocycles. The topological polar surface area (TPSA) is 77.1 Å². The van der Waals surface area contributed by atoms with Gasteiger partial charge in [-0.1, -0.05) is 6.07 Å². The molecule has 4 heterocycles. The number of aromatic nitrogens is 5. The van der Waals surface area contributed by atoms with Crippen LogP contribution in [0, 0.1) is 0 Å². The third-order valence-electron chi connectivity index (χ3n) is 3.87. The zero-order valence-corrected chi connectivity index (χ0v) is 14.4. The quantitative estimate of drug-likeness (QED) is 0.597. The molecule has 7 nitrogen and oxygen atoms in total. The van der Waals surface area contributed by atoms with Crippen molar-refractivity contribution in [2.75, 3.05) is 6.54 Å². The van der Waals surface area contributed by atoms with Crippen LogP contribution in [-0.4, -0.2) is 36.8 Å². The summed E-state index contributed by atoms with van der Waals surface area (Å²) in [4.78, 5) is 17.8. The van der Waals surface area contributed by atoms with Crippen LogP contribution in [0.1, 0.15) is 16.2 Å². The minimum atomic E-state index is -0.137. The van der Waals surface area contributed by atoms with Crippen molar-refractivity contribution in [1.82, 2.24) is 29.7 Å². The number of thiophene rings is 1. The third kappa shape index (κ3) is 3.16. The highest BCUT2D eigenvalue weighted by atomic mass is 32.1. The predicted octanol–water partition coefficient (Wildman–Crippen LogP) is 2.16. The molecule has 1 N–H and O–H groups in total. The van der Waals surface area contributed by atoms with E-state index < -0.39 is 0 Å². The fourth-order valence-corrected chi connectivity index (χ4v) is 3.30. The molecular formula is C17H16N6OS. The molecular weight excluding hydrogens is 336 g/mol. The number of nitrogens with one attached hydrogen (secondary N) is 1. The normalized spacial score (nSPS) is 11.1. The van der Waals surface area contributed by atoms with Crippen LogP contribution in [0.3, 0.4) is 0 Å². The van der Waals surface area contributed by atoms with Crippen LogP contribution in [0.2, 0.25) is 0 Å². The Bertz CT molecular complexity index is 1020. The van der Waals surface area contributed by atoms with E-state index in [1.165, 1.54) is 0 Å². The highest BCUT2D eigenvalue weighted by Crippen LogP contribution is 2.22. The molecule has 0 unspecified atom stereocenters. The molecule has 0 aromatic carbocycles. The van der Waals surface area contributed by atoms with Gasteiger partial charge in [-0.3, -0.25) is 9.48 Å². The van der Waals surface area contributed by atoms with Crippen molar-refractivity contribution in [2.45, 2.75) is 6.42 Å². The first-order chi connectivity index (χ1) is 12.2. The van der Waals surface area contributed by atoms with Crippen molar-refractivity contribution in [1.29, 1.82) is 0 Å². The monoisotopic (exact) mass is 352 g/mol. The Labute approximate surface area is 147 Å². The SMILES string of the molecule is Cn1nccc1C(=O)NCCc1cc2nc(-c3cccs3)ccn2n1. The van der Waals surface area contributed by atoms with E-state index in [4.69, 9.17) is 0 Å². The van der Waals surface area contributed by atoms with Gasteiger partial charge in [0.05, 0.1) is 16.3 Å². The first-order valence-electron chi connectivity index (χ1n) is 7.86. The lowest BCUT2D eigenvalue weighted by atomic mass is 10.3. The fraction of sp³-hybridized carbons (Fsp3) is 0.176. The molecule has 0 atom stereocenters. The molecule has 0 saturated heterocycles. The Morgan fingerprint density at radius 3 is 3.00 bits per heavy atom. The minimum Gasteiger partial charge on any atom is -0.350 e. The lowest BCUT2D eigenvalue weighted by molar-refractivity contribution is 0.0944. The number of nitrogens with zero attached hydrogens (tertiary/aromatic N) is 5. The van der Waals surface area contributed by atoms with Crippen LogP contribution in [0.15, 0.2) is 48.1 Å². The van der Waals surface area contributed by atoms with Gasteiger partial charge in [0.15, 0.2) is 5.65 Å². The largest absolute Gasteiger partial charge is 0.350 e. The first-order valence-corrected chi connectivity index (χ1v) is 8.74. The van der Waals surface area contributed by atoms with Crippen LogP contribution in [-0.2, 0) is 13.5 Å². The van der Waals surface area contributed by atoms with Gasteiger partial charge in [0.25, 0.3) is 5.91 Å². The molecule has 0 aliphatic carbocycles. The van der Waals surface area contributed by atoms with E-state index in [9.17, 15) is 4.79 Å². The number of hydrogen-bond acceptors (Lipinski definition) is 5. The first kappa shape index (κ1) is 15.5. The number of carbonyl (C=O) groups excluding carboxylic acids is 1. The molecule has 0 radical (unpaired) electrons. The van der Waals surface area contributed by atoms with Gasteiger partial charge in [-0.15, -0.1) is 11.3 Å². The number of hydrogen-bond donors (Lipinski definition) is 1. The Morgan fingerprint density at radius 1 is 1.32 bits per heavy atom. The van der Waals surface area contributed by atoms with Crippen molar-refractivity contribution >= 4 is 22.9 Å². The van der Waals surface area contributed by atoms with E-state index in [-0.39, 0.29) is 5.91 Å². The summed E-state index contributed by atoms with van der Waals surface area (Å²) >= 11 is 1.66. The number of aryl methyl sites for hydroxylation is 1. The lowest BCUT2D eigenvalue weighted by Crippen LogP contribution is -2.27. The van der Waals surface area contributed by atoms with Crippen molar-refractivity contribution < 1.29 is 4.79 Å². The zero-order chi connectivity index (χ0) is 17.2. The number of carbonyl (C=O) groups is 1. The van der Waals surface area contributed by atoms with E-state index in [1.54, 1.807) is 39.8 Å². The second kappa shape index (κ2) is 6.48. The highest BCUT2D eigenvalue weighted by Gasteiger charge is 2.10. The van der Waals surface area contributed by atoms with Gasteiger partial charge in [-0.05, 0) is 23.6 Å². The van der Waals surface area contributed by atoms with Crippen molar-refractivity contribution in [3.05, 3.63) is 59.5 Å². The summed E-state index contributed by atoms with van der Waals surface area (Å²) < 4.78 is 3.31. The molecule has 0 aliphatic heterocycles. The fourth-order valence-electron chi connectivity index (χ4n) is 2.60. The van der Waals surface area contributed by atoms with E-state index in [2.05, 4.69) is 26.6 Å². The van der Waals surface area contributed by atoms with E-state index in [0.29, 0.717) is 18.7 Å². The van der Waals surface area contributed by atoms with Gasteiger partial charge >= 0.3 is 0 Å². The molecule has 0 aliphatic rings. The summed E-state index contributed by atoms with van der Waals surface area (Å²) in [5.74, 6) is -0.137.